The van der Waals surface area contributed by atoms with Gasteiger partial charge in [0.05, 0.1) is 16.9 Å². The summed E-state index contributed by atoms with van der Waals surface area (Å²) in [7, 11) is 0. The lowest BCUT2D eigenvalue weighted by Crippen LogP contribution is -2.02. The second-order valence-corrected chi connectivity index (χ2v) is 13.8. The lowest BCUT2D eigenvalue weighted by Gasteiger charge is -2.23. The summed E-state index contributed by atoms with van der Waals surface area (Å²) in [6.45, 7) is 0. The molecule has 0 fully saturated rings. The Hall–Kier alpha value is -7.50. The average molecular weight is 706 g/mol. The Kier molecular flexibility index (Phi) is 7.10. The molecule has 5 heteroatoms. The van der Waals surface area contributed by atoms with Crippen molar-refractivity contribution in [3.8, 4) is 73.7 Å². The summed E-state index contributed by atoms with van der Waals surface area (Å²) in [5.74, 6) is 3.52. The number of ether oxygens (including phenoxy) is 2. The van der Waals surface area contributed by atoms with Crippen molar-refractivity contribution in [1.82, 2.24) is 14.5 Å². The van der Waals surface area contributed by atoms with Crippen LogP contribution < -0.4 is 9.47 Å². The van der Waals surface area contributed by atoms with Gasteiger partial charge in [0.2, 0.25) is 0 Å². The highest BCUT2D eigenvalue weighted by molar-refractivity contribution is 6.12. The first kappa shape index (κ1) is 31.1. The Labute approximate surface area is 317 Å². The van der Waals surface area contributed by atoms with Crippen LogP contribution in [0.4, 0.5) is 0 Å². The Morgan fingerprint density at radius 1 is 0.382 bits per heavy atom. The summed E-state index contributed by atoms with van der Waals surface area (Å²) in [4.78, 5) is 10.1. The first-order valence-corrected chi connectivity index (χ1v) is 18.4. The molecule has 8 aromatic carbocycles. The number of fused-ring (bicyclic) bond motifs is 7. The first-order valence-electron chi connectivity index (χ1n) is 18.4. The summed E-state index contributed by atoms with van der Waals surface area (Å²) < 4.78 is 15.6. The highest BCUT2D eigenvalue weighted by Gasteiger charge is 2.26. The molecule has 5 nitrogen and oxygen atoms in total. The molecule has 2 aromatic heterocycles. The maximum Gasteiger partial charge on any atom is 0.194 e. The van der Waals surface area contributed by atoms with Gasteiger partial charge in [-0.1, -0.05) is 133 Å². The predicted octanol–water partition coefficient (Wildman–Crippen LogP) is 13.3. The molecule has 0 amide bonds. The number of nitrogens with zero attached hydrogens (tertiary/aromatic N) is 3. The normalized spacial score (nSPS) is 11.9. The van der Waals surface area contributed by atoms with Crippen LogP contribution in [0.3, 0.4) is 0 Å². The Morgan fingerprint density at radius 2 is 0.982 bits per heavy atom. The minimum Gasteiger partial charge on any atom is -0.449 e. The number of aromatic nitrogens is 3. The Morgan fingerprint density at radius 3 is 1.69 bits per heavy atom. The molecule has 10 aromatic rings. The van der Waals surface area contributed by atoms with E-state index < -0.39 is 0 Å². The highest BCUT2D eigenvalue weighted by Crippen LogP contribution is 2.51. The molecule has 55 heavy (non-hydrogen) atoms. The molecule has 0 saturated carbocycles. The van der Waals surface area contributed by atoms with Crippen LogP contribution in [0, 0.1) is 0 Å². The fourth-order valence-electron chi connectivity index (χ4n) is 7.77. The lowest BCUT2D eigenvalue weighted by atomic mass is 10.0. The zero-order valence-corrected chi connectivity index (χ0v) is 29.6. The largest absolute Gasteiger partial charge is 0.449 e. The van der Waals surface area contributed by atoms with E-state index in [0.29, 0.717) is 28.8 Å². The average Bonchev–Trinajstić information content (AvgIpc) is 3.60. The van der Waals surface area contributed by atoms with Crippen molar-refractivity contribution in [3.63, 3.8) is 0 Å². The summed E-state index contributed by atoms with van der Waals surface area (Å²) in [6, 6.07) is 64.9. The van der Waals surface area contributed by atoms with Crippen LogP contribution in [0.25, 0.3) is 83.3 Å². The lowest BCUT2D eigenvalue weighted by molar-refractivity contribution is 0.363. The molecule has 0 unspecified atom stereocenters. The third-order valence-corrected chi connectivity index (χ3v) is 10.4. The summed E-state index contributed by atoms with van der Waals surface area (Å²) >= 11 is 0. The first-order chi connectivity index (χ1) is 27.2. The van der Waals surface area contributed by atoms with E-state index in [-0.39, 0.29) is 0 Å². The van der Waals surface area contributed by atoms with Gasteiger partial charge in [0, 0.05) is 33.2 Å². The minimum atomic E-state index is 0.686. The zero-order chi connectivity index (χ0) is 36.3. The van der Waals surface area contributed by atoms with Gasteiger partial charge in [0.25, 0.3) is 0 Å². The molecule has 0 radical (unpaired) electrons. The van der Waals surface area contributed by atoms with Gasteiger partial charge >= 0.3 is 0 Å². The van der Waals surface area contributed by atoms with E-state index >= 15 is 0 Å². The number of hydrogen-bond acceptors (Lipinski definition) is 4. The second kappa shape index (κ2) is 12.6. The van der Waals surface area contributed by atoms with E-state index in [1.54, 1.807) is 0 Å². The maximum atomic E-state index is 6.75. The molecular formula is C50H31N3O2. The van der Waals surface area contributed by atoms with Gasteiger partial charge in [-0.3, -0.25) is 0 Å². The molecule has 258 valence electrons. The van der Waals surface area contributed by atoms with Gasteiger partial charge < -0.3 is 14.0 Å². The van der Waals surface area contributed by atoms with Crippen LogP contribution in [0.2, 0.25) is 0 Å². The molecular weight excluding hydrogens is 675 g/mol. The van der Waals surface area contributed by atoms with Crippen molar-refractivity contribution in [2.24, 2.45) is 0 Å². The molecule has 1 aliphatic heterocycles. The molecule has 0 bridgehead atoms. The van der Waals surface area contributed by atoms with Gasteiger partial charge in [-0.2, -0.15) is 0 Å². The minimum absolute atomic E-state index is 0.686. The third-order valence-electron chi connectivity index (χ3n) is 10.4. The van der Waals surface area contributed by atoms with Crippen LogP contribution in [0.1, 0.15) is 0 Å². The molecule has 3 heterocycles. The molecule has 0 saturated heterocycles. The quantitative estimate of drug-likeness (QED) is 0.179. The van der Waals surface area contributed by atoms with Crippen molar-refractivity contribution in [1.29, 1.82) is 0 Å². The predicted molar refractivity (Wildman–Crippen MR) is 222 cm³/mol. The van der Waals surface area contributed by atoms with Gasteiger partial charge in [-0.05, 0) is 76.5 Å². The van der Waals surface area contributed by atoms with E-state index in [1.807, 2.05) is 54.6 Å². The number of rotatable bonds is 5. The SMILES string of the molecule is c1ccc(-c2cc(-c3ccccc3)nc(-c3cccc(-c4ccc(-n5c6ccccc6c6ccc7c(c65)Oc5cc6ccccc6cc5O7)cc4)c3)n2)cc1. The van der Waals surface area contributed by atoms with Gasteiger partial charge in [-0.15, -0.1) is 0 Å². The van der Waals surface area contributed by atoms with Crippen LogP contribution in [0.15, 0.2) is 188 Å². The highest BCUT2D eigenvalue weighted by atomic mass is 16.6. The van der Waals surface area contributed by atoms with E-state index in [0.717, 1.165) is 77.5 Å². The van der Waals surface area contributed by atoms with Crippen molar-refractivity contribution in [2.75, 3.05) is 0 Å². The Bertz CT molecular complexity index is 3020. The smallest absolute Gasteiger partial charge is 0.194 e. The van der Waals surface area contributed by atoms with Crippen molar-refractivity contribution in [2.45, 2.75) is 0 Å². The van der Waals surface area contributed by atoms with Crippen molar-refractivity contribution in [3.05, 3.63) is 188 Å². The third kappa shape index (κ3) is 5.33. The van der Waals surface area contributed by atoms with Crippen LogP contribution >= 0.6 is 0 Å². The van der Waals surface area contributed by atoms with Crippen LogP contribution in [0.5, 0.6) is 23.0 Å². The van der Waals surface area contributed by atoms with Crippen LogP contribution in [-0.2, 0) is 0 Å². The summed E-state index contributed by atoms with van der Waals surface area (Å²) in [5, 5.41) is 4.47. The number of hydrogen-bond donors (Lipinski definition) is 0. The van der Waals surface area contributed by atoms with Gasteiger partial charge in [-0.25, -0.2) is 9.97 Å². The fraction of sp³-hybridized carbons (Fsp3) is 0. The maximum absolute atomic E-state index is 6.75. The molecule has 0 N–H and O–H groups in total. The van der Waals surface area contributed by atoms with Gasteiger partial charge in [0.1, 0.15) is 5.52 Å². The van der Waals surface area contributed by atoms with E-state index in [2.05, 4.69) is 138 Å². The van der Waals surface area contributed by atoms with Crippen molar-refractivity contribution >= 4 is 32.6 Å². The standard InChI is InChI=1S/C50H31N3O2/c1-3-12-33(13-4-1)42-31-43(34-14-5-2-6-15-34)52-50(51-42)38-19-11-18-35(28-38)32-22-24-39(25-23-32)53-44-21-10-9-20-40(44)41-26-27-45-49(48(41)53)55-47-30-37-17-8-7-16-36(37)29-46(47)54-45/h1-31H. The van der Waals surface area contributed by atoms with Crippen LogP contribution in [-0.4, -0.2) is 14.5 Å². The molecule has 0 aliphatic carbocycles. The van der Waals surface area contributed by atoms with Crippen molar-refractivity contribution < 1.29 is 9.47 Å². The van der Waals surface area contributed by atoms with E-state index in [4.69, 9.17) is 19.4 Å². The topological polar surface area (TPSA) is 49.2 Å². The number of benzene rings is 8. The van der Waals surface area contributed by atoms with Gasteiger partial charge in [0.15, 0.2) is 28.8 Å². The van der Waals surface area contributed by atoms with E-state index in [1.165, 1.54) is 0 Å². The molecule has 11 rings (SSSR count). The molecule has 0 spiro atoms. The zero-order valence-electron chi connectivity index (χ0n) is 29.6. The summed E-state index contributed by atoms with van der Waals surface area (Å²) in [5.41, 5.74) is 10.1. The monoisotopic (exact) mass is 705 g/mol. The van der Waals surface area contributed by atoms with E-state index in [9.17, 15) is 0 Å². The molecule has 1 aliphatic rings. The Balaban J connectivity index is 0.998. The number of para-hydroxylation sites is 1. The second-order valence-electron chi connectivity index (χ2n) is 13.8. The summed E-state index contributed by atoms with van der Waals surface area (Å²) in [6.07, 6.45) is 0. The fourth-order valence-corrected chi connectivity index (χ4v) is 7.77. The molecule has 0 atom stereocenters.